The van der Waals surface area contributed by atoms with E-state index in [1.54, 1.807) is 18.2 Å². The number of hydrogen-bond donors (Lipinski definition) is 4. The molecule has 4 nitrogen and oxygen atoms in total. The summed E-state index contributed by atoms with van der Waals surface area (Å²) in [5, 5.41) is 0. The van der Waals surface area contributed by atoms with E-state index in [9.17, 15) is 0 Å². The van der Waals surface area contributed by atoms with E-state index in [2.05, 4.69) is 5.43 Å². The molecular weight excluding hydrogens is 128 g/mol. The molecule has 54 valence electrons. The first-order chi connectivity index (χ1) is 4.75. The average molecular weight is 138 g/mol. The second-order valence-electron chi connectivity index (χ2n) is 1.96. The SMILES string of the molecule is NNc1c(N)cccc1N. The topological polar surface area (TPSA) is 90.1 Å². The van der Waals surface area contributed by atoms with Gasteiger partial charge < -0.3 is 16.9 Å². The van der Waals surface area contributed by atoms with Gasteiger partial charge in [-0.25, -0.2) is 0 Å². The zero-order valence-electron chi connectivity index (χ0n) is 5.46. The first-order valence-corrected chi connectivity index (χ1v) is 2.86. The number of hydrazine groups is 1. The van der Waals surface area contributed by atoms with E-state index in [0.717, 1.165) is 0 Å². The Morgan fingerprint density at radius 3 is 1.90 bits per heavy atom. The van der Waals surface area contributed by atoms with E-state index in [1.165, 1.54) is 0 Å². The molecule has 0 saturated heterocycles. The molecule has 1 aromatic rings. The molecule has 1 rings (SSSR count). The molecule has 7 N–H and O–H groups in total. The van der Waals surface area contributed by atoms with Gasteiger partial charge in [-0.05, 0) is 12.1 Å². The first-order valence-electron chi connectivity index (χ1n) is 2.86. The number of hydrogen-bond acceptors (Lipinski definition) is 4. The summed E-state index contributed by atoms with van der Waals surface area (Å²) in [6, 6.07) is 5.22. The maximum absolute atomic E-state index is 5.51. The molecule has 0 fully saturated rings. The van der Waals surface area contributed by atoms with Crippen molar-refractivity contribution in [3.63, 3.8) is 0 Å². The molecule has 0 atom stereocenters. The van der Waals surface area contributed by atoms with Crippen molar-refractivity contribution in [3.05, 3.63) is 18.2 Å². The minimum atomic E-state index is 0.558. The van der Waals surface area contributed by atoms with Crippen molar-refractivity contribution in [3.8, 4) is 0 Å². The summed E-state index contributed by atoms with van der Waals surface area (Å²) in [7, 11) is 0. The molecule has 0 radical (unpaired) electrons. The zero-order valence-corrected chi connectivity index (χ0v) is 5.46. The second-order valence-corrected chi connectivity index (χ2v) is 1.96. The van der Waals surface area contributed by atoms with Gasteiger partial charge in [-0.1, -0.05) is 6.07 Å². The van der Waals surface area contributed by atoms with Gasteiger partial charge in [0.05, 0.1) is 17.1 Å². The average Bonchev–Trinajstić information content (AvgIpc) is 1.88. The third-order valence-corrected chi connectivity index (χ3v) is 1.27. The van der Waals surface area contributed by atoms with Crippen molar-refractivity contribution >= 4 is 17.1 Å². The third kappa shape index (κ3) is 0.964. The van der Waals surface area contributed by atoms with Gasteiger partial charge in [0.2, 0.25) is 0 Å². The number of nitrogens with one attached hydrogen (secondary N) is 1. The second kappa shape index (κ2) is 2.45. The van der Waals surface area contributed by atoms with Crippen molar-refractivity contribution < 1.29 is 0 Å². The maximum Gasteiger partial charge on any atom is 0.0949 e. The van der Waals surface area contributed by atoms with Crippen LogP contribution < -0.4 is 22.7 Å². The van der Waals surface area contributed by atoms with Crippen LogP contribution in [0.2, 0.25) is 0 Å². The minimum absolute atomic E-state index is 0.558. The standard InChI is InChI=1S/C6H10N4/c7-4-2-1-3-5(8)6(4)10-9/h1-3,10H,7-9H2. The summed E-state index contributed by atoms with van der Waals surface area (Å²) >= 11 is 0. The molecule has 0 aliphatic heterocycles. The van der Waals surface area contributed by atoms with Gasteiger partial charge in [-0.3, -0.25) is 5.84 Å². The molecule has 0 saturated carbocycles. The van der Waals surface area contributed by atoms with E-state index in [4.69, 9.17) is 17.3 Å². The van der Waals surface area contributed by atoms with Crippen molar-refractivity contribution in [1.29, 1.82) is 0 Å². The highest BCUT2D eigenvalue weighted by Gasteiger charge is 1.98. The van der Waals surface area contributed by atoms with Crippen LogP contribution in [-0.4, -0.2) is 0 Å². The van der Waals surface area contributed by atoms with E-state index in [1.807, 2.05) is 0 Å². The molecule has 0 aromatic heterocycles. The number of nitrogens with two attached hydrogens (primary N) is 3. The summed E-state index contributed by atoms with van der Waals surface area (Å²) in [4.78, 5) is 0. The Bertz CT molecular complexity index is 213. The molecule has 0 amide bonds. The summed E-state index contributed by atoms with van der Waals surface area (Å²) in [6.45, 7) is 0. The lowest BCUT2D eigenvalue weighted by molar-refractivity contribution is 1.36. The fraction of sp³-hybridized carbons (Fsp3) is 0. The fourth-order valence-corrected chi connectivity index (χ4v) is 0.755. The highest BCUT2D eigenvalue weighted by Crippen LogP contribution is 2.23. The van der Waals surface area contributed by atoms with Crippen LogP contribution >= 0.6 is 0 Å². The molecule has 0 aliphatic carbocycles. The minimum Gasteiger partial charge on any atom is -0.397 e. The fourth-order valence-electron chi connectivity index (χ4n) is 0.755. The highest BCUT2D eigenvalue weighted by molar-refractivity contribution is 5.78. The summed E-state index contributed by atoms with van der Waals surface area (Å²) < 4.78 is 0. The predicted octanol–water partition coefficient (Wildman–Crippen LogP) is 0.137. The third-order valence-electron chi connectivity index (χ3n) is 1.27. The number of anilines is 3. The van der Waals surface area contributed by atoms with Crippen LogP contribution in [0.4, 0.5) is 17.1 Å². The van der Waals surface area contributed by atoms with Crippen LogP contribution in [0.5, 0.6) is 0 Å². The molecule has 0 unspecified atom stereocenters. The molecule has 10 heavy (non-hydrogen) atoms. The summed E-state index contributed by atoms with van der Waals surface area (Å²) in [5.74, 6) is 5.14. The van der Waals surface area contributed by atoms with Crippen LogP contribution in [0, 0.1) is 0 Å². The van der Waals surface area contributed by atoms with Gasteiger partial charge >= 0.3 is 0 Å². The normalized spacial score (nSPS) is 9.30. The van der Waals surface area contributed by atoms with E-state index in [-0.39, 0.29) is 0 Å². The van der Waals surface area contributed by atoms with Gasteiger partial charge in [0.25, 0.3) is 0 Å². The summed E-state index contributed by atoms with van der Waals surface area (Å²) in [6.07, 6.45) is 0. The number of benzene rings is 1. The van der Waals surface area contributed by atoms with Crippen molar-refractivity contribution in [2.45, 2.75) is 0 Å². The first kappa shape index (κ1) is 6.70. The van der Waals surface area contributed by atoms with Crippen LogP contribution in [-0.2, 0) is 0 Å². The lowest BCUT2D eigenvalue weighted by Gasteiger charge is -2.06. The monoisotopic (exact) mass is 138 g/mol. The maximum atomic E-state index is 5.51. The number of nitrogen functional groups attached to an aromatic ring is 3. The van der Waals surface area contributed by atoms with E-state index >= 15 is 0 Å². The van der Waals surface area contributed by atoms with Crippen LogP contribution in [0.1, 0.15) is 0 Å². The van der Waals surface area contributed by atoms with Gasteiger partial charge in [-0.2, -0.15) is 0 Å². The number of para-hydroxylation sites is 1. The lowest BCUT2D eigenvalue weighted by Crippen LogP contribution is -2.11. The van der Waals surface area contributed by atoms with Gasteiger partial charge in [0.1, 0.15) is 0 Å². The molecule has 0 aliphatic rings. The molecule has 0 bridgehead atoms. The molecule has 1 aromatic carbocycles. The van der Waals surface area contributed by atoms with Gasteiger partial charge in [0, 0.05) is 0 Å². The Morgan fingerprint density at radius 2 is 1.60 bits per heavy atom. The Hall–Kier alpha value is -1.42. The van der Waals surface area contributed by atoms with Crippen LogP contribution in [0.25, 0.3) is 0 Å². The van der Waals surface area contributed by atoms with Crippen LogP contribution in [0.3, 0.4) is 0 Å². The quantitative estimate of drug-likeness (QED) is 0.252. The molecule has 0 spiro atoms. The van der Waals surface area contributed by atoms with E-state index < -0.39 is 0 Å². The predicted molar refractivity (Wildman–Crippen MR) is 43.1 cm³/mol. The molecule has 4 heteroatoms. The van der Waals surface area contributed by atoms with Crippen LogP contribution in [0.15, 0.2) is 18.2 Å². The Balaban J connectivity index is 3.17. The van der Waals surface area contributed by atoms with E-state index in [0.29, 0.717) is 17.1 Å². The van der Waals surface area contributed by atoms with Gasteiger partial charge in [-0.15, -0.1) is 0 Å². The van der Waals surface area contributed by atoms with Gasteiger partial charge in [0.15, 0.2) is 0 Å². The Morgan fingerprint density at radius 1 is 1.10 bits per heavy atom. The number of rotatable bonds is 1. The smallest absolute Gasteiger partial charge is 0.0949 e. The van der Waals surface area contributed by atoms with Crippen molar-refractivity contribution in [2.24, 2.45) is 5.84 Å². The summed E-state index contributed by atoms with van der Waals surface area (Å²) in [5.41, 5.74) is 15.1. The zero-order chi connectivity index (χ0) is 7.56. The lowest BCUT2D eigenvalue weighted by atomic mass is 10.2. The van der Waals surface area contributed by atoms with Crippen molar-refractivity contribution in [1.82, 2.24) is 0 Å². The highest BCUT2D eigenvalue weighted by atomic mass is 15.2. The molecular formula is C6H10N4. The Labute approximate surface area is 59.0 Å². The molecule has 0 heterocycles. The Kier molecular flexibility index (Phi) is 1.64. The largest absolute Gasteiger partial charge is 0.397 e. The van der Waals surface area contributed by atoms with Crippen molar-refractivity contribution in [2.75, 3.05) is 16.9 Å².